The van der Waals surface area contributed by atoms with Gasteiger partial charge in [-0.15, -0.1) is 13.2 Å². The van der Waals surface area contributed by atoms with Gasteiger partial charge in [0.25, 0.3) is 0 Å². The van der Waals surface area contributed by atoms with Gasteiger partial charge in [0.2, 0.25) is 0 Å². The molecule has 0 aromatic heterocycles. The van der Waals surface area contributed by atoms with Gasteiger partial charge in [0, 0.05) is 0 Å². The van der Waals surface area contributed by atoms with Crippen LogP contribution in [0.2, 0.25) is 0 Å². The summed E-state index contributed by atoms with van der Waals surface area (Å²) in [4.78, 5) is 17.8. The average Bonchev–Trinajstić information content (AvgIpc) is 2.10. The Morgan fingerprint density at radius 1 is 1.00 bits per heavy atom. The van der Waals surface area contributed by atoms with E-state index in [4.69, 9.17) is 9.79 Å². The lowest BCUT2D eigenvalue weighted by molar-refractivity contribution is 0.170. The van der Waals surface area contributed by atoms with Crippen LogP contribution in [0.5, 0.6) is 0 Å². The topological polar surface area (TPSA) is 102 Å². The van der Waals surface area contributed by atoms with E-state index in [1.54, 1.807) is 0 Å². The van der Waals surface area contributed by atoms with E-state index in [0.717, 1.165) is 0 Å². The number of phosphoric ester groups is 2. The third-order valence-corrected chi connectivity index (χ3v) is 3.52. The molecule has 88 valence electrons. The van der Waals surface area contributed by atoms with E-state index in [1.165, 1.54) is 12.2 Å². The molecular formula is C6H12O7P2. The third kappa shape index (κ3) is 7.64. The van der Waals surface area contributed by atoms with Crippen LogP contribution in [0.15, 0.2) is 25.3 Å². The lowest BCUT2D eigenvalue weighted by Gasteiger charge is -2.14. The summed E-state index contributed by atoms with van der Waals surface area (Å²) in [5.41, 5.74) is 0. The molecule has 0 saturated heterocycles. The maximum atomic E-state index is 11.0. The van der Waals surface area contributed by atoms with Crippen LogP contribution >= 0.6 is 15.6 Å². The van der Waals surface area contributed by atoms with Gasteiger partial charge in [0.1, 0.15) is 0 Å². The summed E-state index contributed by atoms with van der Waals surface area (Å²) in [6.45, 7) is 5.85. The molecule has 0 spiro atoms. The number of phosphoric acid groups is 2. The first kappa shape index (κ1) is 14.7. The van der Waals surface area contributed by atoms with Crippen molar-refractivity contribution >= 4 is 15.6 Å². The van der Waals surface area contributed by atoms with Gasteiger partial charge in [0.15, 0.2) is 0 Å². The Morgan fingerprint density at radius 2 is 1.33 bits per heavy atom. The van der Waals surface area contributed by atoms with Crippen molar-refractivity contribution in [2.45, 2.75) is 0 Å². The van der Waals surface area contributed by atoms with Gasteiger partial charge in [-0.3, -0.25) is 9.05 Å². The molecule has 2 atom stereocenters. The first-order valence-corrected chi connectivity index (χ1v) is 6.70. The Morgan fingerprint density at radius 3 is 1.60 bits per heavy atom. The van der Waals surface area contributed by atoms with Crippen LogP contribution in [-0.4, -0.2) is 23.0 Å². The fourth-order valence-corrected chi connectivity index (χ4v) is 2.48. The van der Waals surface area contributed by atoms with Crippen molar-refractivity contribution in [1.29, 1.82) is 0 Å². The van der Waals surface area contributed by atoms with E-state index in [-0.39, 0.29) is 13.2 Å². The van der Waals surface area contributed by atoms with Crippen molar-refractivity contribution in [2.75, 3.05) is 13.2 Å². The van der Waals surface area contributed by atoms with Crippen molar-refractivity contribution < 1.29 is 32.3 Å². The maximum Gasteiger partial charge on any atom is 0.481 e. The van der Waals surface area contributed by atoms with Gasteiger partial charge in [0.05, 0.1) is 13.2 Å². The van der Waals surface area contributed by atoms with E-state index in [9.17, 15) is 9.13 Å². The molecule has 0 aliphatic carbocycles. The van der Waals surface area contributed by atoms with Gasteiger partial charge in [-0.25, -0.2) is 9.13 Å². The molecular weight excluding hydrogens is 246 g/mol. The molecule has 2 N–H and O–H groups in total. The minimum atomic E-state index is -4.61. The van der Waals surface area contributed by atoms with E-state index in [0.29, 0.717) is 0 Å². The standard InChI is InChI=1S/C6H12O7P2/c1-3-5-11-14(7,8)13-15(9,10)12-6-4-2/h3-4H,1-2,5-6H2,(H,7,8)(H,9,10). The van der Waals surface area contributed by atoms with E-state index < -0.39 is 15.6 Å². The Bertz CT molecular complexity index is 283. The second-order valence-corrected chi connectivity index (χ2v) is 5.23. The first-order valence-electron chi connectivity index (χ1n) is 3.71. The lowest BCUT2D eigenvalue weighted by atomic mass is 10.7. The molecule has 0 aromatic carbocycles. The zero-order valence-electron chi connectivity index (χ0n) is 7.81. The molecule has 15 heavy (non-hydrogen) atoms. The molecule has 2 unspecified atom stereocenters. The molecule has 0 aliphatic heterocycles. The summed E-state index contributed by atoms with van der Waals surface area (Å²) in [6.07, 6.45) is 2.36. The molecule has 0 rings (SSSR count). The second-order valence-electron chi connectivity index (χ2n) is 2.19. The van der Waals surface area contributed by atoms with Crippen LogP contribution in [0, 0.1) is 0 Å². The summed E-state index contributed by atoms with van der Waals surface area (Å²) >= 11 is 0. The minimum absolute atomic E-state index is 0.296. The van der Waals surface area contributed by atoms with Crippen molar-refractivity contribution in [3.63, 3.8) is 0 Å². The molecule has 0 radical (unpaired) electrons. The SMILES string of the molecule is C=CCOP(=O)(O)OP(=O)(O)OCC=C. The predicted molar refractivity (Wildman–Crippen MR) is 53.0 cm³/mol. The third-order valence-electron chi connectivity index (χ3n) is 0.917. The van der Waals surface area contributed by atoms with Gasteiger partial charge in [-0.1, -0.05) is 12.2 Å². The fourth-order valence-electron chi connectivity index (χ4n) is 0.471. The molecule has 7 nitrogen and oxygen atoms in total. The molecule has 9 heteroatoms. The number of hydrogen-bond acceptors (Lipinski definition) is 5. The molecule has 0 bridgehead atoms. The number of hydrogen-bond donors (Lipinski definition) is 2. The highest BCUT2D eigenvalue weighted by Crippen LogP contribution is 2.60. The smallest absolute Gasteiger partial charge is 0.302 e. The van der Waals surface area contributed by atoms with Gasteiger partial charge in [-0.05, 0) is 0 Å². The zero-order chi connectivity index (χ0) is 11.9. The Labute approximate surface area is 87.2 Å². The normalized spacial score (nSPS) is 18.8. The summed E-state index contributed by atoms with van der Waals surface area (Å²) < 4.78 is 34.3. The highest BCUT2D eigenvalue weighted by atomic mass is 31.3. The molecule has 0 aromatic rings. The van der Waals surface area contributed by atoms with Gasteiger partial charge in [-0.2, -0.15) is 4.31 Å². The van der Waals surface area contributed by atoms with Crippen molar-refractivity contribution in [3.8, 4) is 0 Å². The molecule has 0 heterocycles. The Balaban J connectivity index is 4.29. The monoisotopic (exact) mass is 258 g/mol. The lowest BCUT2D eigenvalue weighted by Crippen LogP contribution is -1.97. The van der Waals surface area contributed by atoms with Crippen molar-refractivity contribution in [3.05, 3.63) is 25.3 Å². The van der Waals surface area contributed by atoms with E-state index in [2.05, 4.69) is 26.5 Å². The quantitative estimate of drug-likeness (QED) is 0.503. The summed E-state index contributed by atoms with van der Waals surface area (Å²) in [5.74, 6) is 0. The van der Waals surface area contributed by atoms with Crippen molar-refractivity contribution in [1.82, 2.24) is 0 Å². The van der Waals surface area contributed by atoms with Crippen LogP contribution in [0.4, 0.5) is 0 Å². The second kappa shape index (κ2) is 6.35. The van der Waals surface area contributed by atoms with E-state index >= 15 is 0 Å². The Kier molecular flexibility index (Phi) is 6.24. The van der Waals surface area contributed by atoms with E-state index in [1.807, 2.05) is 0 Å². The zero-order valence-corrected chi connectivity index (χ0v) is 9.60. The van der Waals surface area contributed by atoms with Crippen LogP contribution in [0.3, 0.4) is 0 Å². The number of rotatable bonds is 8. The highest BCUT2D eigenvalue weighted by Gasteiger charge is 2.34. The Hall–Kier alpha value is -0.260. The minimum Gasteiger partial charge on any atom is -0.302 e. The van der Waals surface area contributed by atoms with Crippen LogP contribution < -0.4 is 0 Å². The van der Waals surface area contributed by atoms with Gasteiger partial charge >= 0.3 is 15.6 Å². The molecule has 0 saturated carbocycles. The van der Waals surface area contributed by atoms with Crippen molar-refractivity contribution in [2.24, 2.45) is 0 Å². The first-order chi connectivity index (χ1) is 6.83. The van der Waals surface area contributed by atoms with Gasteiger partial charge < -0.3 is 9.79 Å². The summed E-state index contributed by atoms with van der Waals surface area (Å²) in [6, 6.07) is 0. The molecule has 0 fully saturated rings. The average molecular weight is 258 g/mol. The van der Waals surface area contributed by atoms with Crippen LogP contribution in [0.1, 0.15) is 0 Å². The van der Waals surface area contributed by atoms with Crippen LogP contribution in [0.25, 0.3) is 0 Å². The van der Waals surface area contributed by atoms with Crippen LogP contribution in [-0.2, 0) is 22.5 Å². The highest BCUT2D eigenvalue weighted by molar-refractivity contribution is 7.61. The summed E-state index contributed by atoms with van der Waals surface area (Å²) in [7, 11) is -9.23. The fraction of sp³-hybridized carbons (Fsp3) is 0.333. The molecule has 0 aliphatic rings. The maximum absolute atomic E-state index is 11.0. The molecule has 0 amide bonds. The largest absolute Gasteiger partial charge is 0.481 e. The predicted octanol–water partition coefficient (Wildman–Crippen LogP) is 1.61. The summed E-state index contributed by atoms with van der Waals surface area (Å²) in [5, 5.41) is 0.